The fraction of sp³-hybridized carbons (Fsp3) is 1.00. The fourth-order valence-corrected chi connectivity index (χ4v) is 4.59. The largest absolute Gasteiger partial charge is 0.314 e. The zero-order valence-electron chi connectivity index (χ0n) is 12.1. The zero-order chi connectivity index (χ0) is 12.6. The topological polar surface area (TPSA) is 18.5 Å². The van der Waals surface area contributed by atoms with E-state index in [2.05, 4.69) is 29.0 Å². The molecule has 104 valence electrons. The third kappa shape index (κ3) is 2.21. The summed E-state index contributed by atoms with van der Waals surface area (Å²) in [5.74, 6) is 0. The maximum absolute atomic E-state index is 3.48. The molecule has 0 aromatic heterocycles. The molecule has 0 aromatic rings. The Kier molecular flexibility index (Phi) is 3.65. The molecule has 2 heterocycles. The molecule has 1 unspecified atom stereocenters. The van der Waals surface area contributed by atoms with E-state index >= 15 is 0 Å². The third-order valence-corrected chi connectivity index (χ3v) is 5.56. The average Bonchev–Trinajstić information content (AvgIpc) is 2.97. The van der Waals surface area contributed by atoms with Gasteiger partial charge in [-0.05, 0) is 33.1 Å². The Morgan fingerprint density at radius 1 is 0.944 bits per heavy atom. The van der Waals surface area contributed by atoms with E-state index in [-0.39, 0.29) is 0 Å². The van der Waals surface area contributed by atoms with Crippen molar-refractivity contribution in [3.63, 3.8) is 0 Å². The van der Waals surface area contributed by atoms with Crippen LogP contribution in [0.5, 0.6) is 0 Å². The number of nitrogens with zero attached hydrogens (tertiary/aromatic N) is 2. The molecule has 1 N–H and O–H groups in total. The molecule has 2 aliphatic heterocycles. The van der Waals surface area contributed by atoms with Gasteiger partial charge in [0, 0.05) is 50.3 Å². The molecule has 2 saturated heterocycles. The van der Waals surface area contributed by atoms with Crippen LogP contribution in [-0.4, -0.2) is 60.1 Å². The molecule has 3 nitrogen and oxygen atoms in total. The highest BCUT2D eigenvalue weighted by Gasteiger charge is 2.46. The van der Waals surface area contributed by atoms with Crippen LogP contribution in [0.1, 0.15) is 46.0 Å². The molecule has 1 atom stereocenters. The monoisotopic (exact) mass is 251 g/mol. The number of hydrogen-bond donors (Lipinski definition) is 1. The molecule has 0 spiro atoms. The highest BCUT2D eigenvalue weighted by Crippen LogP contribution is 2.38. The summed E-state index contributed by atoms with van der Waals surface area (Å²) in [5.41, 5.74) is 0.381. The summed E-state index contributed by atoms with van der Waals surface area (Å²) in [7, 11) is 0. The van der Waals surface area contributed by atoms with E-state index in [1.807, 2.05) is 0 Å². The minimum Gasteiger partial charge on any atom is -0.314 e. The molecular formula is C15H29N3. The van der Waals surface area contributed by atoms with Gasteiger partial charge in [0.15, 0.2) is 0 Å². The van der Waals surface area contributed by atoms with Gasteiger partial charge in [0.25, 0.3) is 0 Å². The summed E-state index contributed by atoms with van der Waals surface area (Å²) in [4.78, 5) is 5.58. The Morgan fingerprint density at radius 2 is 1.61 bits per heavy atom. The van der Waals surface area contributed by atoms with Crippen LogP contribution in [0.3, 0.4) is 0 Å². The predicted octanol–water partition coefficient (Wildman–Crippen LogP) is 1.69. The number of nitrogens with one attached hydrogen (secondary N) is 1. The summed E-state index contributed by atoms with van der Waals surface area (Å²) in [5, 5.41) is 3.48. The lowest BCUT2D eigenvalue weighted by Crippen LogP contribution is -2.58. The minimum absolute atomic E-state index is 0.381. The van der Waals surface area contributed by atoms with Crippen LogP contribution in [0.4, 0.5) is 0 Å². The van der Waals surface area contributed by atoms with Gasteiger partial charge in [-0.15, -0.1) is 0 Å². The molecule has 0 bridgehead atoms. The van der Waals surface area contributed by atoms with Gasteiger partial charge < -0.3 is 5.32 Å². The van der Waals surface area contributed by atoms with Crippen LogP contribution >= 0.6 is 0 Å². The van der Waals surface area contributed by atoms with E-state index in [0.29, 0.717) is 5.54 Å². The molecule has 3 heteroatoms. The van der Waals surface area contributed by atoms with Gasteiger partial charge in [-0.25, -0.2) is 0 Å². The van der Waals surface area contributed by atoms with Crippen molar-refractivity contribution in [1.29, 1.82) is 0 Å². The maximum atomic E-state index is 3.48. The number of rotatable bonds is 2. The molecule has 1 saturated carbocycles. The van der Waals surface area contributed by atoms with Gasteiger partial charge in [0.2, 0.25) is 0 Å². The van der Waals surface area contributed by atoms with Gasteiger partial charge in [0.05, 0.1) is 0 Å². The molecule has 18 heavy (non-hydrogen) atoms. The Balaban J connectivity index is 1.69. The van der Waals surface area contributed by atoms with Crippen molar-refractivity contribution >= 4 is 0 Å². The molecule has 3 rings (SSSR count). The first-order valence-corrected chi connectivity index (χ1v) is 7.91. The molecule has 3 fully saturated rings. The summed E-state index contributed by atoms with van der Waals surface area (Å²) >= 11 is 0. The lowest BCUT2D eigenvalue weighted by atomic mass is 9.92. The average molecular weight is 251 g/mol. The predicted molar refractivity (Wildman–Crippen MR) is 75.9 cm³/mol. The molecular weight excluding hydrogens is 222 g/mol. The SMILES string of the molecule is CC1(C)C(N2CCNCC2)CCN1C1CCCC1. The Hall–Kier alpha value is -0.120. The Morgan fingerprint density at radius 3 is 2.28 bits per heavy atom. The maximum Gasteiger partial charge on any atom is 0.0311 e. The van der Waals surface area contributed by atoms with Gasteiger partial charge in [-0.2, -0.15) is 0 Å². The van der Waals surface area contributed by atoms with Crippen LogP contribution in [0.25, 0.3) is 0 Å². The normalized spacial score (nSPS) is 35.3. The van der Waals surface area contributed by atoms with Crippen molar-refractivity contribution in [2.45, 2.75) is 63.6 Å². The first-order chi connectivity index (χ1) is 8.69. The van der Waals surface area contributed by atoms with Crippen LogP contribution < -0.4 is 5.32 Å². The first-order valence-electron chi connectivity index (χ1n) is 7.91. The Bertz CT molecular complexity index is 277. The number of hydrogen-bond acceptors (Lipinski definition) is 3. The van der Waals surface area contributed by atoms with E-state index < -0.39 is 0 Å². The summed E-state index contributed by atoms with van der Waals surface area (Å²) in [6, 6.07) is 1.66. The Labute approximate surface area is 112 Å². The van der Waals surface area contributed by atoms with Crippen LogP contribution in [-0.2, 0) is 0 Å². The van der Waals surface area contributed by atoms with Gasteiger partial charge in [-0.1, -0.05) is 12.8 Å². The van der Waals surface area contributed by atoms with Crippen LogP contribution in [0, 0.1) is 0 Å². The number of piperazine rings is 1. The van der Waals surface area contributed by atoms with Crippen LogP contribution in [0.2, 0.25) is 0 Å². The number of likely N-dealkylation sites (tertiary alicyclic amines) is 1. The second-order valence-electron chi connectivity index (χ2n) is 6.88. The van der Waals surface area contributed by atoms with Crippen molar-refractivity contribution in [3.8, 4) is 0 Å². The smallest absolute Gasteiger partial charge is 0.0311 e. The van der Waals surface area contributed by atoms with Crippen LogP contribution in [0.15, 0.2) is 0 Å². The zero-order valence-corrected chi connectivity index (χ0v) is 12.1. The van der Waals surface area contributed by atoms with E-state index in [1.54, 1.807) is 0 Å². The second kappa shape index (κ2) is 5.10. The standard InChI is InChI=1S/C15H29N3/c1-15(2)14(17-11-8-16-9-12-17)7-10-18(15)13-5-3-4-6-13/h13-14,16H,3-12H2,1-2H3. The van der Waals surface area contributed by atoms with E-state index in [0.717, 1.165) is 12.1 Å². The van der Waals surface area contributed by atoms with E-state index in [1.165, 1.54) is 64.8 Å². The van der Waals surface area contributed by atoms with Crippen molar-refractivity contribution in [2.75, 3.05) is 32.7 Å². The van der Waals surface area contributed by atoms with E-state index in [9.17, 15) is 0 Å². The minimum atomic E-state index is 0.381. The summed E-state index contributed by atoms with van der Waals surface area (Å²) in [6.07, 6.45) is 7.17. The quantitative estimate of drug-likeness (QED) is 0.806. The van der Waals surface area contributed by atoms with Crippen molar-refractivity contribution in [2.24, 2.45) is 0 Å². The lowest BCUT2D eigenvalue weighted by Gasteiger charge is -2.45. The molecule has 0 aromatic carbocycles. The fourth-order valence-electron chi connectivity index (χ4n) is 4.59. The molecule has 0 amide bonds. The first kappa shape index (κ1) is 12.9. The van der Waals surface area contributed by atoms with Crippen molar-refractivity contribution in [3.05, 3.63) is 0 Å². The third-order valence-electron chi connectivity index (χ3n) is 5.56. The van der Waals surface area contributed by atoms with Crippen molar-refractivity contribution in [1.82, 2.24) is 15.1 Å². The highest BCUT2D eigenvalue weighted by molar-refractivity contribution is 5.04. The molecule has 3 aliphatic rings. The van der Waals surface area contributed by atoms with E-state index in [4.69, 9.17) is 0 Å². The van der Waals surface area contributed by atoms with Gasteiger partial charge in [0.1, 0.15) is 0 Å². The van der Waals surface area contributed by atoms with Crippen molar-refractivity contribution < 1.29 is 0 Å². The second-order valence-corrected chi connectivity index (χ2v) is 6.88. The highest BCUT2D eigenvalue weighted by atomic mass is 15.3. The molecule has 1 aliphatic carbocycles. The summed E-state index contributed by atoms with van der Waals surface area (Å²) in [6.45, 7) is 11.1. The summed E-state index contributed by atoms with van der Waals surface area (Å²) < 4.78 is 0. The molecule has 0 radical (unpaired) electrons. The lowest BCUT2D eigenvalue weighted by molar-refractivity contribution is 0.0484. The van der Waals surface area contributed by atoms with Gasteiger partial charge >= 0.3 is 0 Å². The van der Waals surface area contributed by atoms with Gasteiger partial charge in [-0.3, -0.25) is 9.80 Å².